The highest BCUT2D eigenvalue weighted by molar-refractivity contribution is 9.10. The summed E-state index contributed by atoms with van der Waals surface area (Å²) < 4.78 is 12.0. The van der Waals surface area contributed by atoms with Gasteiger partial charge >= 0.3 is 0 Å². The molecule has 0 spiro atoms. The molecule has 2 aromatic rings. The van der Waals surface area contributed by atoms with Gasteiger partial charge in [-0.3, -0.25) is 9.59 Å². The highest BCUT2D eigenvalue weighted by Gasteiger charge is 2.45. The molecule has 0 unspecified atom stereocenters. The molecule has 2 fully saturated rings. The van der Waals surface area contributed by atoms with Crippen molar-refractivity contribution in [2.45, 2.75) is 25.8 Å². The van der Waals surface area contributed by atoms with Gasteiger partial charge in [-0.25, -0.2) is 0 Å². The number of nitrogens with zero attached hydrogens (tertiary/aromatic N) is 1. The van der Waals surface area contributed by atoms with Crippen LogP contribution in [-0.4, -0.2) is 67.7 Å². The first kappa shape index (κ1) is 25.4. The highest BCUT2D eigenvalue weighted by Crippen LogP contribution is 2.40. The molecule has 2 aliphatic rings. The average Bonchev–Trinajstić information content (AvgIpc) is 3.13. The number of aliphatic hydroxyl groups is 1. The lowest BCUT2D eigenvalue weighted by Gasteiger charge is -2.27. The van der Waals surface area contributed by atoms with E-state index in [-0.39, 0.29) is 11.3 Å². The number of ketones is 1. The first-order valence-corrected chi connectivity index (χ1v) is 13.0. The molecule has 35 heavy (non-hydrogen) atoms. The first-order chi connectivity index (χ1) is 17.0. The minimum absolute atomic E-state index is 0.123. The van der Waals surface area contributed by atoms with Crippen LogP contribution in [0.25, 0.3) is 5.76 Å². The number of Topliss-reactive ketones (excluding diaryl/α,β-unsaturated/α-hetero) is 1. The van der Waals surface area contributed by atoms with Gasteiger partial charge in [0, 0.05) is 23.0 Å². The summed E-state index contributed by atoms with van der Waals surface area (Å²) in [6.07, 6.45) is 1.66. The van der Waals surface area contributed by atoms with Crippen molar-refractivity contribution < 1.29 is 29.1 Å². The van der Waals surface area contributed by atoms with Crippen molar-refractivity contribution in [3.8, 4) is 5.75 Å². The molecule has 0 saturated carbocycles. The maximum absolute atomic E-state index is 13.2. The fraction of sp³-hybridized carbons (Fsp3) is 0.407. The van der Waals surface area contributed by atoms with E-state index in [1.165, 1.54) is 4.90 Å². The molecule has 7 nitrogen and oxygen atoms in total. The third-order valence-electron chi connectivity index (χ3n) is 6.46. The third-order valence-corrected chi connectivity index (χ3v) is 6.98. The van der Waals surface area contributed by atoms with Gasteiger partial charge < -0.3 is 24.4 Å². The third kappa shape index (κ3) is 5.94. The Bertz CT molecular complexity index is 1060. The quantitative estimate of drug-likeness (QED) is 0.289. The SMILES string of the molecule is CCCOc1ccc([C@@H]2C(=C(O)c3ccc(Br)cc3)C(=O)C(=O)N2CCC[NH+]2CCOCC2)cc1. The van der Waals surface area contributed by atoms with Crippen molar-refractivity contribution >= 4 is 33.4 Å². The lowest BCUT2D eigenvalue weighted by atomic mass is 9.95. The van der Waals surface area contributed by atoms with Crippen LogP contribution in [0, 0.1) is 0 Å². The zero-order chi connectivity index (χ0) is 24.8. The van der Waals surface area contributed by atoms with Gasteiger partial charge in [0.1, 0.15) is 24.6 Å². The van der Waals surface area contributed by atoms with Gasteiger partial charge in [0.05, 0.1) is 38.0 Å². The van der Waals surface area contributed by atoms with Gasteiger partial charge in [0.15, 0.2) is 0 Å². The van der Waals surface area contributed by atoms with Crippen LogP contribution in [0.2, 0.25) is 0 Å². The Balaban J connectivity index is 1.64. The molecule has 2 saturated heterocycles. The van der Waals surface area contributed by atoms with Gasteiger partial charge in [-0.1, -0.05) is 47.1 Å². The number of halogens is 1. The van der Waals surface area contributed by atoms with Gasteiger partial charge in [0.2, 0.25) is 0 Å². The molecular weight excluding hydrogens is 512 g/mol. The Hall–Kier alpha value is -2.68. The highest BCUT2D eigenvalue weighted by atomic mass is 79.9. The fourth-order valence-corrected chi connectivity index (χ4v) is 4.86. The molecule has 1 amide bonds. The van der Waals surface area contributed by atoms with Crippen LogP contribution < -0.4 is 9.64 Å². The van der Waals surface area contributed by atoms with Crippen LogP contribution >= 0.6 is 15.9 Å². The maximum Gasteiger partial charge on any atom is 0.295 e. The fourth-order valence-electron chi connectivity index (χ4n) is 4.60. The van der Waals surface area contributed by atoms with Crippen molar-refractivity contribution in [2.75, 3.05) is 46.0 Å². The Morgan fingerprint density at radius 2 is 1.80 bits per heavy atom. The van der Waals surface area contributed by atoms with Gasteiger partial charge in [-0.05, 0) is 36.2 Å². The predicted octanol–water partition coefficient (Wildman–Crippen LogP) is 2.96. The molecule has 8 heteroatoms. The summed E-state index contributed by atoms with van der Waals surface area (Å²) in [5, 5.41) is 11.2. The van der Waals surface area contributed by atoms with Crippen LogP contribution in [0.3, 0.4) is 0 Å². The molecule has 2 N–H and O–H groups in total. The second kappa shape index (κ2) is 11.8. The Morgan fingerprint density at radius 1 is 1.11 bits per heavy atom. The molecule has 0 aliphatic carbocycles. The lowest BCUT2D eigenvalue weighted by Crippen LogP contribution is -3.14. The summed E-state index contributed by atoms with van der Waals surface area (Å²) in [4.78, 5) is 29.4. The van der Waals surface area contributed by atoms with Crippen LogP contribution in [-0.2, 0) is 14.3 Å². The monoisotopic (exact) mass is 543 g/mol. The molecule has 2 aromatic carbocycles. The van der Waals surface area contributed by atoms with E-state index in [1.54, 1.807) is 29.2 Å². The number of likely N-dealkylation sites (tertiary alicyclic amines) is 1. The van der Waals surface area contributed by atoms with E-state index in [9.17, 15) is 14.7 Å². The van der Waals surface area contributed by atoms with Crippen LogP contribution in [0.5, 0.6) is 5.75 Å². The van der Waals surface area contributed by atoms with E-state index in [2.05, 4.69) is 15.9 Å². The number of benzene rings is 2. The second-order valence-electron chi connectivity index (χ2n) is 8.88. The van der Waals surface area contributed by atoms with Crippen LogP contribution in [0.4, 0.5) is 0 Å². The van der Waals surface area contributed by atoms with E-state index in [1.807, 2.05) is 31.2 Å². The van der Waals surface area contributed by atoms with Gasteiger partial charge in [-0.2, -0.15) is 0 Å². The van der Waals surface area contributed by atoms with E-state index >= 15 is 0 Å². The summed E-state index contributed by atoms with van der Waals surface area (Å²) in [6, 6.07) is 13.8. The number of quaternary nitrogens is 1. The van der Waals surface area contributed by atoms with E-state index in [0.29, 0.717) is 18.7 Å². The molecule has 186 valence electrons. The Labute approximate surface area is 214 Å². The molecular formula is C27H32BrN2O5+. The van der Waals surface area contributed by atoms with E-state index in [0.717, 1.165) is 61.5 Å². The van der Waals surface area contributed by atoms with Crippen molar-refractivity contribution in [1.29, 1.82) is 0 Å². The first-order valence-electron chi connectivity index (χ1n) is 12.2. The number of morpholine rings is 1. The zero-order valence-corrected chi connectivity index (χ0v) is 21.6. The smallest absolute Gasteiger partial charge is 0.295 e. The summed E-state index contributed by atoms with van der Waals surface area (Å²) in [7, 11) is 0. The molecule has 2 aliphatic heterocycles. The number of carbonyl (C=O) groups excluding carboxylic acids is 2. The van der Waals surface area contributed by atoms with E-state index in [4.69, 9.17) is 9.47 Å². The van der Waals surface area contributed by atoms with Crippen molar-refractivity contribution in [2.24, 2.45) is 0 Å². The van der Waals surface area contributed by atoms with Gasteiger partial charge in [-0.15, -0.1) is 0 Å². The minimum atomic E-state index is -0.654. The van der Waals surface area contributed by atoms with Crippen molar-refractivity contribution in [3.05, 3.63) is 69.7 Å². The lowest BCUT2D eigenvalue weighted by molar-refractivity contribution is -0.908. The number of hydrogen-bond acceptors (Lipinski definition) is 5. The number of ether oxygens (including phenoxy) is 2. The minimum Gasteiger partial charge on any atom is -0.507 e. The molecule has 4 rings (SSSR count). The Kier molecular flexibility index (Phi) is 8.59. The molecule has 0 aromatic heterocycles. The standard InChI is InChI=1S/C27H31BrN2O5/c1-2-16-35-22-10-6-19(7-11-22)24-23(25(31)20-4-8-21(28)9-5-20)26(32)27(33)30(24)13-3-12-29-14-17-34-18-15-29/h4-11,24,31H,2-3,12-18H2,1H3/p+1/t24-/m1/s1. The molecule has 0 radical (unpaired) electrons. The zero-order valence-electron chi connectivity index (χ0n) is 20.0. The number of aliphatic hydroxyl groups excluding tert-OH is 1. The molecule has 2 heterocycles. The topological polar surface area (TPSA) is 80.5 Å². The summed E-state index contributed by atoms with van der Waals surface area (Å²) >= 11 is 3.39. The number of hydrogen-bond donors (Lipinski definition) is 2. The predicted molar refractivity (Wildman–Crippen MR) is 136 cm³/mol. The normalized spacial score (nSPS) is 20.4. The largest absolute Gasteiger partial charge is 0.507 e. The van der Waals surface area contributed by atoms with Crippen LogP contribution in [0.1, 0.15) is 36.9 Å². The van der Waals surface area contributed by atoms with E-state index < -0.39 is 17.7 Å². The molecule has 0 bridgehead atoms. The number of rotatable bonds is 9. The number of nitrogens with one attached hydrogen (secondary N) is 1. The summed E-state index contributed by atoms with van der Waals surface area (Å²) in [6.45, 7) is 7.39. The summed E-state index contributed by atoms with van der Waals surface area (Å²) in [5.74, 6) is -0.651. The number of amides is 1. The Morgan fingerprint density at radius 3 is 2.46 bits per heavy atom. The van der Waals surface area contributed by atoms with Crippen molar-refractivity contribution in [3.63, 3.8) is 0 Å². The molecule has 1 atom stereocenters. The van der Waals surface area contributed by atoms with Crippen molar-refractivity contribution in [1.82, 2.24) is 4.90 Å². The van der Waals surface area contributed by atoms with Gasteiger partial charge in [0.25, 0.3) is 11.7 Å². The van der Waals surface area contributed by atoms with Crippen LogP contribution in [0.15, 0.2) is 58.6 Å². The summed E-state index contributed by atoms with van der Waals surface area (Å²) in [5.41, 5.74) is 1.39. The average molecular weight is 544 g/mol. The maximum atomic E-state index is 13.2. The number of carbonyl (C=O) groups is 2. The second-order valence-corrected chi connectivity index (χ2v) is 9.80.